The molecule has 0 atom stereocenters. The third kappa shape index (κ3) is 3.42. The summed E-state index contributed by atoms with van der Waals surface area (Å²) in [6.07, 6.45) is 0. The molecule has 2 rings (SSSR count). The predicted molar refractivity (Wildman–Crippen MR) is 89.3 cm³/mol. The molecule has 2 nitrogen and oxygen atoms in total. The zero-order valence-corrected chi connectivity index (χ0v) is 14.9. The first kappa shape index (κ1) is 14.7. The summed E-state index contributed by atoms with van der Waals surface area (Å²) < 4.78 is 2.12. The van der Waals surface area contributed by atoms with E-state index < -0.39 is 0 Å². The summed E-state index contributed by atoms with van der Waals surface area (Å²) in [5.41, 5.74) is 0.799. The molecule has 0 saturated carbocycles. The quantitative estimate of drug-likeness (QED) is 0.616. The maximum atomic E-state index is 12.6. The molecule has 0 aliphatic carbocycles. The van der Waals surface area contributed by atoms with E-state index in [0.717, 1.165) is 32.4 Å². The van der Waals surface area contributed by atoms with Crippen LogP contribution in [-0.2, 0) is 0 Å². The van der Waals surface area contributed by atoms with Crippen LogP contribution in [0.1, 0.15) is 24.2 Å². The topological polar surface area (TPSA) is 20.3 Å². The minimum absolute atomic E-state index is 0.147. The van der Waals surface area contributed by atoms with Gasteiger partial charge in [-0.15, -0.1) is 0 Å². The van der Waals surface area contributed by atoms with E-state index in [9.17, 15) is 4.79 Å². The number of nitrogens with zero attached hydrogens (tertiary/aromatic N) is 1. The first-order valence-electron chi connectivity index (χ1n) is 5.77. The molecule has 0 unspecified atom stereocenters. The smallest absolute Gasteiger partial charge is 0.255 e. The highest BCUT2D eigenvalue weighted by Crippen LogP contribution is 2.31. The molecular formula is C13H15BrINOS. The lowest BCUT2D eigenvalue weighted by Crippen LogP contribution is -2.46. The summed E-state index contributed by atoms with van der Waals surface area (Å²) >= 11 is 7.60. The third-order valence-electron chi connectivity index (χ3n) is 2.87. The zero-order chi connectivity index (χ0) is 13.3. The Morgan fingerprint density at radius 1 is 1.50 bits per heavy atom. The average Bonchev–Trinajstić information content (AvgIpc) is 2.30. The fraction of sp³-hybridized carbons (Fsp3) is 0.462. The Labute approximate surface area is 134 Å². The lowest BCUT2D eigenvalue weighted by molar-refractivity contribution is 0.0747. The number of carbonyl (C=O) groups excluding carboxylic acids is 1. The van der Waals surface area contributed by atoms with Crippen molar-refractivity contribution in [2.45, 2.75) is 18.6 Å². The number of carbonyl (C=O) groups is 1. The number of rotatable bonds is 1. The van der Waals surface area contributed by atoms with Crippen LogP contribution >= 0.6 is 50.3 Å². The minimum atomic E-state index is 0.147. The lowest BCUT2D eigenvalue weighted by Gasteiger charge is -2.37. The van der Waals surface area contributed by atoms with Crippen LogP contribution in [0.2, 0.25) is 0 Å². The van der Waals surface area contributed by atoms with Gasteiger partial charge in [0.05, 0.1) is 5.56 Å². The largest absolute Gasteiger partial charge is 0.336 e. The monoisotopic (exact) mass is 439 g/mol. The molecule has 1 aromatic carbocycles. The van der Waals surface area contributed by atoms with E-state index in [1.807, 2.05) is 34.9 Å². The van der Waals surface area contributed by atoms with Gasteiger partial charge in [-0.2, -0.15) is 11.8 Å². The normalized spacial score (nSPS) is 18.8. The molecule has 5 heteroatoms. The Balaban J connectivity index is 2.23. The standard InChI is InChI=1S/C13H15BrINOS/c1-13(2)8-16(5-6-18-13)12(17)10-7-9(14)3-4-11(10)15/h3-4,7H,5-6,8H2,1-2H3. The molecule has 1 saturated heterocycles. The molecule has 0 radical (unpaired) electrons. The summed E-state index contributed by atoms with van der Waals surface area (Å²) in [6.45, 7) is 6.06. The van der Waals surface area contributed by atoms with Crippen molar-refractivity contribution in [3.63, 3.8) is 0 Å². The molecule has 0 bridgehead atoms. The van der Waals surface area contributed by atoms with E-state index in [1.54, 1.807) is 0 Å². The Morgan fingerprint density at radius 3 is 2.89 bits per heavy atom. The molecule has 0 spiro atoms. The van der Waals surface area contributed by atoms with Crippen molar-refractivity contribution >= 4 is 56.2 Å². The Hall–Kier alpha value is 0.250. The molecule has 1 aromatic rings. The van der Waals surface area contributed by atoms with Gasteiger partial charge in [-0.25, -0.2) is 0 Å². The van der Waals surface area contributed by atoms with E-state index in [4.69, 9.17) is 0 Å². The number of halogens is 2. The van der Waals surface area contributed by atoms with E-state index in [0.29, 0.717) is 0 Å². The molecule has 1 heterocycles. The van der Waals surface area contributed by atoms with Gasteiger partial charge in [0.2, 0.25) is 0 Å². The van der Waals surface area contributed by atoms with E-state index >= 15 is 0 Å². The maximum absolute atomic E-state index is 12.6. The highest BCUT2D eigenvalue weighted by atomic mass is 127. The summed E-state index contributed by atoms with van der Waals surface area (Å²) in [6, 6.07) is 5.86. The van der Waals surface area contributed by atoms with Crippen molar-refractivity contribution in [2.24, 2.45) is 0 Å². The number of hydrogen-bond donors (Lipinski definition) is 0. The summed E-state index contributed by atoms with van der Waals surface area (Å²) in [5, 5.41) is 0. The van der Waals surface area contributed by atoms with Gasteiger partial charge in [0.25, 0.3) is 5.91 Å². The highest BCUT2D eigenvalue weighted by molar-refractivity contribution is 14.1. The van der Waals surface area contributed by atoms with Crippen molar-refractivity contribution in [3.8, 4) is 0 Å². The van der Waals surface area contributed by atoms with Gasteiger partial charge in [-0.1, -0.05) is 15.9 Å². The van der Waals surface area contributed by atoms with E-state index in [-0.39, 0.29) is 10.7 Å². The van der Waals surface area contributed by atoms with Crippen LogP contribution in [0.3, 0.4) is 0 Å². The van der Waals surface area contributed by atoms with Crippen LogP contribution in [0.5, 0.6) is 0 Å². The Morgan fingerprint density at radius 2 is 2.22 bits per heavy atom. The molecule has 1 fully saturated rings. The van der Waals surface area contributed by atoms with Gasteiger partial charge in [-0.3, -0.25) is 4.79 Å². The van der Waals surface area contributed by atoms with E-state index in [2.05, 4.69) is 52.4 Å². The third-order valence-corrected chi connectivity index (χ3v) is 5.60. The predicted octanol–water partition coefficient (Wildman–Crippen LogP) is 4.02. The van der Waals surface area contributed by atoms with E-state index in [1.165, 1.54) is 0 Å². The molecule has 0 aromatic heterocycles. The fourth-order valence-electron chi connectivity index (χ4n) is 2.02. The van der Waals surface area contributed by atoms with Gasteiger partial charge in [0.1, 0.15) is 0 Å². The number of benzene rings is 1. The minimum Gasteiger partial charge on any atom is -0.336 e. The second kappa shape index (κ2) is 5.71. The highest BCUT2D eigenvalue weighted by Gasteiger charge is 2.30. The van der Waals surface area contributed by atoms with Crippen molar-refractivity contribution in [3.05, 3.63) is 31.8 Å². The summed E-state index contributed by atoms with van der Waals surface area (Å²) in [4.78, 5) is 14.5. The molecular weight excluding hydrogens is 425 g/mol. The van der Waals surface area contributed by atoms with Gasteiger partial charge in [0.15, 0.2) is 0 Å². The van der Waals surface area contributed by atoms with Crippen molar-refractivity contribution in [1.29, 1.82) is 0 Å². The summed E-state index contributed by atoms with van der Waals surface area (Å²) in [5.74, 6) is 1.16. The SMILES string of the molecule is CC1(C)CN(C(=O)c2cc(Br)ccc2I)CCS1. The van der Waals surface area contributed by atoms with Crippen LogP contribution in [0.4, 0.5) is 0 Å². The Bertz CT molecular complexity index is 478. The van der Waals surface area contributed by atoms with Crippen LogP contribution in [0, 0.1) is 3.57 Å². The fourth-order valence-corrected chi connectivity index (χ4v) is 4.06. The molecule has 1 aliphatic heterocycles. The second-order valence-electron chi connectivity index (χ2n) is 4.96. The van der Waals surface area contributed by atoms with Crippen molar-refractivity contribution < 1.29 is 4.79 Å². The maximum Gasteiger partial charge on any atom is 0.255 e. The number of hydrogen-bond acceptors (Lipinski definition) is 2. The van der Waals surface area contributed by atoms with Crippen molar-refractivity contribution in [2.75, 3.05) is 18.8 Å². The number of amides is 1. The van der Waals surface area contributed by atoms with Gasteiger partial charge < -0.3 is 4.90 Å². The molecule has 0 N–H and O–H groups in total. The number of thioether (sulfide) groups is 1. The Kier molecular flexibility index (Phi) is 4.65. The first-order valence-corrected chi connectivity index (χ1v) is 8.63. The zero-order valence-electron chi connectivity index (χ0n) is 10.4. The lowest BCUT2D eigenvalue weighted by atomic mass is 10.1. The average molecular weight is 440 g/mol. The van der Waals surface area contributed by atoms with Crippen LogP contribution in [-0.4, -0.2) is 34.4 Å². The van der Waals surface area contributed by atoms with Crippen LogP contribution in [0.25, 0.3) is 0 Å². The van der Waals surface area contributed by atoms with Crippen LogP contribution < -0.4 is 0 Å². The van der Waals surface area contributed by atoms with Gasteiger partial charge >= 0.3 is 0 Å². The second-order valence-corrected chi connectivity index (χ2v) is 8.84. The van der Waals surface area contributed by atoms with Crippen molar-refractivity contribution in [1.82, 2.24) is 4.90 Å². The molecule has 1 amide bonds. The van der Waals surface area contributed by atoms with Gasteiger partial charge in [0, 0.05) is 31.6 Å². The molecule has 1 aliphatic rings. The first-order chi connectivity index (χ1) is 8.39. The van der Waals surface area contributed by atoms with Crippen LogP contribution in [0.15, 0.2) is 22.7 Å². The summed E-state index contributed by atoms with van der Waals surface area (Å²) in [7, 11) is 0. The molecule has 98 valence electrons. The molecule has 18 heavy (non-hydrogen) atoms. The van der Waals surface area contributed by atoms with Gasteiger partial charge in [-0.05, 0) is 54.6 Å².